The summed E-state index contributed by atoms with van der Waals surface area (Å²) in [5, 5.41) is 0. The van der Waals surface area contributed by atoms with E-state index in [2.05, 4.69) is 19.2 Å². The zero-order chi connectivity index (χ0) is 13.3. The highest BCUT2D eigenvalue weighted by atomic mass is 16.5. The Morgan fingerprint density at radius 2 is 2.06 bits per heavy atom. The maximum atomic E-state index is 11.3. The molecule has 0 unspecified atom stereocenters. The molecule has 0 radical (unpaired) electrons. The van der Waals surface area contributed by atoms with Crippen LogP contribution in [0.4, 0.5) is 0 Å². The third-order valence-corrected chi connectivity index (χ3v) is 2.28. The summed E-state index contributed by atoms with van der Waals surface area (Å²) in [6.45, 7) is 13.9. The maximum Gasteiger partial charge on any atom is 0.306 e. The summed E-state index contributed by atoms with van der Waals surface area (Å²) in [6, 6.07) is 0. The van der Waals surface area contributed by atoms with Gasteiger partial charge in [0.05, 0.1) is 0 Å². The minimum atomic E-state index is -0.122. The Morgan fingerprint density at radius 3 is 2.59 bits per heavy atom. The molecule has 0 atom stereocenters. The Labute approximate surface area is 105 Å². The molecule has 0 saturated carbocycles. The van der Waals surface area contributed by atoms with Gasteiger partial charge in [-0.1, -0.05) is 44.7 Å². The molecule has 17 heavy (non-hydrogen) atoms. The smallest absolute Gasteiger partial charge is 0.306 e. The summed E-state index contributed by atoms with van der Waals surface area (Å²) in [4.78, 5) is 11.3. The summed E-state index contributed by atoms with van der Waals surface area (Å²) in [5.41, 5.74) is 2.12. The molecule has 0 spiro atoms. The summed E-state index contributed by atoms with van der Waals surface area (Å²) in [5.74, 6) is 0.228. The topological polar surface area (TPSA) is 26.3 Å². The second-order valence-electron chi connectivity index (χ2n) is 4.71. The van der Waals surface area contributed by atoms with E-state index in [1.165, 1.54) is 0 Å². The summed E-state index contributed by atoms with van der Waals surface area (Å²) < 4.78 is 5.15. The van der Waals surface area contributed by atoms with Crippen LogP contribution < -0.4 is 0 Å². The minimum absolute atomic E-state index is 0.122. The highest BCUT2D eigenvalue weighted by Gasteiger charge is 2.05. The number of carbonyl (C=O) groups is 1. The van der Waals surface area contributed by atoms with E-state index in [9.17, 15) is 4.79 Å². The van der Waals surface area contributed by atoms with Crippen molar-refractivity contribution in [2.24, 2.45) is 5.92 Å². The highest BCUT2D eigenvalue weighted by molar-refractivity contribution is 5.69. The molecule has 0 rings (SSSR count). The van der Waals surface area contributed by atoms with Gasteiger partial charge in [-0.05, 0) is 31.3 Å². The summed E-state index contributed by atoms with van der Waals surface area (Å²) in [6.07, 6.45) is 6.16. The number of rotatable bonds is 8. The third-order valence-electron chi connectivity index (χ3n) is 2.28. The van der Waals surface area contributed by atoms with Gasteiger partial charge < -0.3 is 4.74 Å². The maximum absolute atomic E-state index is 11.3. The molecular weight excluding hydrogens is 212 g/mol. The predicted octanol–water partition coefficient (Wildman–Crippen LogP) is 4.04. The van der Waals surface area contributed by atoms with Gasteiger partial charge in [-0.15, -0.1) is 0 Å². The van der Waals surface area contributed by atoms with Crippen molar-refractivity contribution in [3.63, 3.8) is 0 Å². The summed E-state index contributed by atoms with van der Waals surface area (Å²) in [7, 11) is 0. The Hall–Kier alpha value is -1.31. The van der Waals surface area contributed by atoms with Crippen LogP contribution in [0.2, 0.25) is 0 Å². The number of ether oxygens (including phenoxy) is 1. The van der Waals surface area contributed by atoms with Gasteiger partial charge >= 0.3 is 5.97 Å². The van der Waals surface area contributed by atoms with Crippen LogP contribution in [0.25, 0.3) is 0 Å². The largest absolute Gasteiger partial charge is 0.461 e. The summed E-state index contributed by atoms with van der Waals surface area (Å²) >= 11 is 0. The van der Waals surface area contributed by atoms with Crippen molar-refractivity contribution in [2.45, 2.75) is 40.0 Å². The van der Waals surface area contributed by atoms with Gasteiger partial charge in [0.25, 0.3) is 0 Å². The fraction of sp³-hybridized carbons (Fsp3) is 0.533. The first-order valence-electron chi connectivity index (χ1n) is 6.07. The van der Waals surface area contributed by atoms with E-state index in [1.54, 1.807) is 6.08 Å². The van der Waals surface area contributed by atoms with Crippen LogP contribution in [0.5, 0.6) is 0 Å². The fourth-order valence-electron chi connectivity index (χ4n) is 1.25. The van der Waals surface area contributed by atoms with Gasteiger partial charge in [-0.2, -0.15) is 0 Å². The number of esters is 1. The Kier molecular flexibility index (Phi) is 8.12. The Bertz CT molecular complexity index is 298. The van der Waals surface area contributed by atoms with Crippen LogP contribution in [0, 0.1) is 5.92 Å². The first-order chi connectivity index (χ1) is 7.95. The Morgan fingerprint density at radius 1 is 1.41 bits per heavy atom. The van der Waals surface area contributed by atoms with E-state index in [4.69, 9.17) is 4.74 Å². The van der Waals surface area contributed by atoms with Gasteiger partial charge in [0, 0.05) is 6.42 Å². The van der Waals surface area contributed by atoms with Crippen molar-refractivity contribution < 1.29 is 9.53 Å². The molecule has 0 aliphatic heterocycles. The van der Waals surface area contributed by atoms with Crippen LogP contribution in [0.15, 0.2) is 36.5 Å². The molecule has 0 N–H and O–H groups in total. The average molecular weight is 236 g/mol. The van der Waals surface area contributed by atoms with E-state index in [1.807, 2.05) is 20.8 Å². The molecule has 0 aromatic heterocycles. The third kappa shape index (κ3) is 9.61. The number of hydrogen-bond donors (Lipinski definition) is 0. The van der Waals surface area contributed by atoms with Crippen molar-refractivity contribution in [3.05, 3.63) is 36.5 Å². The van der Waals surface area contributed by atoms with E-state index < -0.39 is 0 Å². The highest BCUT2D eigenvalue weighted by Crippen LogP contribution is 2.07. The lowest BCUT2D eigenvalue weighted by Crippen LogP contribution is -2.09. The van der Waals surface area contributed by atoms with Crippen molar-refractivity contribution in [2.75, 3.05) is 6.61 Å². The van der Waals surface area contributed by atoms with Crippen molar-refractivity contribution in [1.29, 1.82) is 0 Å². The standard InChI is InChI=1S/C15H24O2/c1-6-13(4)8-7-9-14(5)11-17-15(16)10-12(2)3/h6,9,12H,1,4,7-8,10-11H2,2-3,5H3. The zero-order valence-corrected chi connectivity index (χ0v) is 11.3. The molecule has 2 nitrogen and oxygen atoms in total. The second kappa shape index (κ2) is 8.80. The number of carbonyl (C=O) groups excluding carboxylic acids is 1. The molecule has 0 bridgehead atoms. The molecule has 0 aliphatic carbocycles. The number of allylic oxidation sites excluding steroid dienone is 3. The molecule has 0 amide bonds. The Balaban J connectivity index is 3.81. The predicted molar refractivity (Wildman–Crippen MR) is 72.7 cm³/mol. The van der Waals surface area contributed by atoms with Gasteiger partial charge in [0.2, 0.25) is 0 Å². The van der Waals surface area contributed by atoms with Crippen molar-refractivity contribution in [3.8, 4) is 0 Å². The van der Waals surface area contributed by atoms with Crippen LogP contribution in [0.3, 0.4) is 0 Å². The first-order valence-corrected chi connectivity index (χ1v) is 6.07. The SMILES string of the molecule is C=CC(=C)CCC=C(C)COC(=O)CC(C)C. The van der Waals surface area contributed by atoms with Gasteiger partial charge in [0.1, 0.15) is 6.61 Å². The van der Waals surface area contributed by atoms with E-state index in [0.29, 0.717) is 18.9 Å². The first kappa shape index (κ1) is 15.7. The molecule has 2 heteroatoms. The lowest BCUT2D eigenvalue weighted by Gasteiger charge is -2.07. The second-order valence-corrected chi connectivity index (χ2v) is 4.71. The molecule has 0 saturated heterocycles. The van der Waals surface area contributed by atoms with Crippen LogP contribution >= 0.6 is 0 Å². The zero-order valence-electron chi connectivity index (χ0n) is 11.3. The van der Waals surface area contributed by atoms with Crippen LogP contribution in [0.1, 0.15) is 40.0 Å². The minimum Gasteiger partial charge on any atom is -0.461 e. The van der Waals surface area contributed by atoms with Crippen molar-refractivity contribution >= 4 is 5.97 Å². The van der Waals surface area contributed by atoms with Gasteiger partial charge in [-0.3, -0.25) is 4.79 Å². The van der Waals surface area contributed by atoms with E-state index >= 15 is 0 Å². The molecule has 0 aliphatic rings. The van der Waals surface area contributed by atoms with E-state index in [0.717, 1.165) is 24.0 Å². The monoisotopic (exact) mass is 236 g/mol. The quantitative estimate of drug-likeness (QED) is 0.361. The molecule has 0 aromatic carbocycles. The molecule has 0 heterocycles. The lowest BCUT2D eigenvalue weighted by atomic mass is 10.1. The van der Waals surface area contributed by atoms with Crippen LogP contribution in [-0.4, -0.2) is 12.6 Å². The lowest BCUT2D eigenvalue weighted by molar-refractivity contribution is -0.143. The van der Waals surface area contributed by atoms with Gasteiger partial charge in [-0.25, -0.2) is 0 Å². The molecule has 0 aromatic rings. The average Bonchev–Trinajstić information content (AvgIpc) is 2.25. The fourth-order valence-corrected chi connectivity index (χ4v) is 1.25. The molecular formula is C15H24O2. The van der Waals surface area contributed by atoms with E-state index in [-0.39, 0.29) is 5.97 Å². The van der Waals surface area contributed by atoms with Crippen LogP contribution in [-0.2, 0) is 9.53 Å². The normalized spacial score (nSPS) is 11.4. The number of hydrogen-bond acceptors (Lipinski definition) is 2. The van der Waals surface area contributed by atoms with Gasteiger partial charge in [0.15, 0.2) is 0 Å². The van der Waals surface area contributed by atoms with Crippen molar-refractivity contribution in [1.82, 2.24) is 0 Å². The molecule has 0 fully saturated rings. The molecule has 96 valence electrons.